The van der Waals surface area contributed by atoms with E-state index in [1.54, 1.807) is 0 Å². The Labute approximate surface area is 150 Å². The molecule has 3 aromatic carbocycles. The molecule has 0 bridgehead atoms. The number of nitrogens with zero attached hydrogens (tertiary/aromatic N) is 2. The molecule has 0 saturated heterocycles. The van der Waals surface area contributed by atoms with Gasteiger partial charge in [-0.15, -0.1) is 5.10 Å². The molecule has 0 saturated carbocycles. The maximum Gasteiger partial charge on any atom is 0.358 e. The molecule has 0 aliphatic carbocycles. The molecule has 26 heavy (non-hydrogen) atoms. The first-order valence-corrected chi connectivity index (χ1v) is 8.13. The lowest BCUT2D eigenvalue weighted by Gasteiger charge is -2.07. The Kier molecular flexibility index (Phi) is 4.03. The summed E-state index contributed by atoms with van der Waals surface area (Å²) in [5, 5.41) is 19.2. The van der Waals surface area contributed by atoms with Crippen molar-refractivity contribution in [3.8, 4) is 33.5 Å². The van der Waals surface area contributed by atoms with Gasteiger partial charge in [0.25, 0.3) is 0 Å². The molecule has 2 N–H and O–H groups in total. The van der Waals surface area contributed by atoms with Gasteiger partial charge in [0, 0.05) is 5.56 Å². The fourth-order valence-corrected chi connectivity index (χ4v) is 2.91. The van der Waals surface area contributed by atoms with Crippen molar-refractivity contribution in [3.05, 3.63) is 84.6 Å². The summed E-state index contributed by atoms with van der Waals surface area (Å²) in [5.74, 6) is -1.10. The van der Waals surface area contributed by atoms with Crippen LogP contribution in [-0.4, -0.2) is 26.5 Å². The third kappa shape index (κ3) is 2.98. The molecule has 0 amide bonds. The molecule has 0 unspecified atom stereocenters. The van der Waals surface area contributed by atoms with Crippen LogP contribution in [0.25, 0.3) is 33.5 Å². The largest absolute Gasteiger partial charge is 0.476 e. The van der Waals surface area contributed by atoms with Crippen molar-refractivity contribution in [1.29, 1.82) is 0 Å². The maximum atomic E-state index is 11.2. The first-order valence-electron chi connectivity index (χ1n) is 8.13. The quantitative estimate of drug-likeness (QED) is 0.573. The lowest BCUT2D eigenvalue weighted by Crippen LogP contribution is -1.99. The molecular formula is C21H15N3O2. The number of aromatic amines is 1. The first kappa shape index (κ1) is 15.8. The van der Waals surface area contributed by atoms with E-state index in [0.717, 1.165) is 16.7 Å². The van der Waals surface area contributed by atoms with Gasteiger partial charge >= 0.3 is 5.97 Å². The van der Waals surface area contributed by atoms with Crippen LogP contribution in [0.5, 0.6) is 0 Å². The topological polar surface area (TPSA) is 78.9 Å². The molecule has 126 valence electrons. The Balaban J connectivity index is 1.68. The van der Waals surface area contributed by atoms with Crippen molar-refractivity contribution >= 4 is 5.97 Å². The van der Waals surface area contributed by atoms with Crippen LogP contribution in [0.3, 0.4) is 0 Å². The van der Waals surface area contributed by atoms with E-state index in [9.17, 15) is 4.79 Å². The highest BCUT2D eigenvalue weighted by Gasteiger charge is 2.16. The normalized spacial score (nSPS) is 10.6. The minimum Gasteiger partial charge on any atom is -0.476 e. The molecule has 0 atom stereocenters. The molecular weight excluding hydrogens is 326 g/mol. The lowest BCUT2D eigenvalue weighted by atomic mass is 9.98. The zero-order valence-electron chi connectivity index (χ0n) is 13.8. The van der Waals surface area contributed by atoms with Gasteiger partial charge in [-0.3, -0.25) is 0 Å². The van der Waals surface area contributed by atoms with Crippen LogP contribution in [0.2, 0.25) is 0 Å². The summed E-state index contributed by atoms with van der Waals surface area (Å²) in [6.07, 6.45) is 0. The first-order chi connectivity index (χ1) is 12.7. The number of hydrogen-bond donors (Lipinski definition) is 2. The Morgan fingerprint density at radius 2 is 1.27 bits per heavy atom. The van der Waals surface area contributed by atoms with E-state index in [1.807, 2.05) is 48.5 Å². The van der Waals surface area contributed by atoms with Crippen LogP contribution >= 0.6 is 0 Å². The molecule has 1 aromatic heterocycles. The average molecular weight is 341 g/mol. The van der Waals surface area contributed by atoms with Gasteiger partial charge in [-0.2, -0.15) is 10.3 Å². The molecule has 5 nitrogen and oxygen atoms in total. The van der Waals surface area contributed by atoms with Gasteiger partial charge in [-0.05, 0) is 28.3 Å². The fraction of sp³-hybridized carbons (Fsp3) is 0. The van der Waals surface area contributed by atoms with Gasteiger partial charge in [0.1, 0.15) is 5.69 Å². The van der Waals surface area contributed by atoms with Gasteiger partial charge in [0.05, 0.1) is 0 Å². The molecule has 5 heteroatoms. The standard InChI is InChI=1S/C21H15N3O2/c25-21(26)20-19(22-24-23-20)16-11-9-15(10-12-16)18-8-4-7-17(13-18)14-5-2-1-3-6-14/h1-13H,(H,25,26)(H,22,23,24). The number of aromatic carboxylic acids is 1. The van der Waals surface area contributed by atoms with E-state index in [4.69, 9.17) is 5.11 Å². The molecule has 0 radical (unpaired) electrons. The zero-order chi connectivity index (χ0) is 17.9. The predicted molar refractivity (Wildman–Crippen MR) is 99.7 cm³/mol. The van der Waals surface area contributed by atoms with Crippen LogP contribution in [0.15, 0.2) is 78.9 Å². The molecule has 4 aromatic rings. The van der Waals surface area contributed by atoms with E-state index < -0.39 is 5.97 Å². The number of carboxylic acid groups (broad SMARTS) is 1. The van der Waals surface area contributed by atoms with E-state index in [-0.39, 0.29) is 5.69 Å². The summed E-state index contributed by atoms with van der Waals surface area (Å²) in [5.41, 5.74) is 5.42. The number of rotatable bonds is 4. The Morgan fingerprint density at radius 1 is 0.692 bits per heavy atom. The van der Waals surface area contributed by atoms with Crippen LogP contribution in [0.1, 0.15) is 10.5 Å². The van der Waals surface area contributed by atoms with Crippen LogP contribution in [-0.2, 0) is 0 Å². The van der Waals surface area contributed by atoms with Crippen molar-refractivity contribution in [2.45, 2.75) is 0 Å². The Morgan fingerprint density at radius 3 is 1.92 bits per heavy atom. The number of carbonyl (C=O) groups is 1. The highest BCUT2D eigenvalue weighted by atomic mass is 16.4. The summed E-state index contributed by atoms with van der Waals surface area (Å²) in [7, 11) is 0. The minimum absolute atomic E-state index is 0.0798. The fourth-order valence-electron chi connectivity index (χ4n) is 2.91. The average Bonchev–Trinajstić information content (AvgIpc) is 3.19. The number of aromatic nitrogens is 3. The minimum atomic E-state index is -1.10. The van der Waals surface area contributed by atoms with Crippen molar-refractivity contribution in [2.75, 3.05) is 0 Å². The van der Waals surface area contributed by atoms with Gasteiger partial charge in [-0.25, -0.2) is 4.79 Å². The number of hydrogen-bond acceptors (Lipinski definition) is 3. The summed E-state index contributed by atoms with van der Waals surface area (Å²) in [6.45, 7) is 0. The zero-order valence-corrected chi connectivity index (χ0v) is 13.8. The third-order valence-electron chi connectivity index (χ3n) is 4.21. The molecule has 4 rings (SSSR count). The molecule has 1 heterocycles. The third-order valence-corrected chi connectivity index (χ3v) is 4.21. The maximum absolute atomic E-state index is 11.2. The number of H-pyrrole nitrogens is 1. The van der Waals surface area contributed by atoms with Gasteiger partial charge in [0.15, 0.2) is 5.69 Å². The van der Waals surface area contributed by atoms with Crippen LogP contribution in [0.4, 0.5) is 0 Å². The van der Waals surface area contributed by atoms with Crippen LogP contribution in [0, 0.1) is 0 Å². The summed E-state index contributed by atoms with van der Waals surface area (Å²) in [6, 6.07) is 26.2. The highest BCUT2D eigenvalue weighted by molar-refractivity contribution is 5.92. The summed E-state index contributed by atoms with van der Waals surface area (Å²) >= 11 is 0. The van der Waals surface area contributed by atoms with Crippen LogP contribution < -0.4 is 0 Å². The molecule has 0 spiro atoms. The van der Waals surface area contributed by atoms with E-state index >= 15 is 0 Å². The smallest absolute Gasteiger partial charge is 0.358 e. The van der Waals surface area contributed by atoms with E-state index in [0.29, 0.717) is 11.3 Å². The lowest BCUT2D eigenvalue weighted by molar-refractivity contribution is 0.0691. The SMILES string of the molecule is O=C(O)c1n[nH]nc1-c1ccc(-c2cccc(-c3ccccc3)c2)cc1. The monoisotopic (exact) mass is 341 g/mol. The van der Waals surface area contributed by atoms with Gasteiger partial charge < -0.3 is 5.11 Å². The van der Waals surface area contributed by atoms with Crippen molar-refractivity contribution in [2.24, 2.45) is 0 Å². The molecule has 0 aliphatic rings. The van der Waals surface area contributed by atoms with Gasteiger partial charge in [-0.1, -0.05) is 72.8 Å². The van der Waals surface area contributed by atoms with E-state index in [2.05, 4.69) is 45.7 Å². The molecule has 0 fully saturated rings. The van der Waals surface area contributed by atoms with E-state index in [1.165, 1.54) is 5.56 Å². The molecule has 0 aliphatic heterocycles. The van der Waals surface area contributed by atoms with Crippen molar-refractivity contribution in [1.82, 2.24) is 15.4 Å². The second-order valence-corrected chi connectivity index (χ2v) is 5.85. The highest BCUT2D eigenvalue weighted by Crippen LogP contribution is 2.28. The number of carboxylic acids is 1. The second kappa shape index (κ2) is 6.64. The second-order valence-electron chi connectivity index (χ2n) is 5.85. The number of nitrogens with one attached hydrogen (secondary N) is 1. The Hall–Kier alpha value is -3.73. The Bertz CT molecular complexity index is 1050. The summed E-state index contributed by atoms with van der Waals surface area (Å²) < 4.78 is 0. The van der Waals surface area contributed by atoms with Crippen molar-refractivity contribution in [3.63, 3.8) is 0 Å². The summed E-state index contributed by atoms with van der Waals surface area (Å²) in [4.78, 5) is 11.2. The predicted octanol–water partition coefficient (Wildman–Crippen LogP) is 4.50. The van der Waals surface area contributed by atoms with Gasteiger partial charge in [0.2, 0.25) is 0 Å². The number of benzene rings is 3. The van der Waals surface area contributed by atoms with Crippen molar-refractivity contribution < 1.29 is 9.90 Å².